The number of carbonyl (C=O) groups excluding carboxylic acids is 1. The Labute approximate surface area is 159 Å². The van der Waals surface area contributed by atoms with Crippen LogP contribution in [-0.4, -0.2) is 19.7 Å². The van der Waals surface area contributed by atoms with Crippen molar-refractivity contribution >= 4 is 27.4 Å². The minimum absolute atomic E-state index is 0.125. The van der Waals surface area contributed by atoms with Gasteiger partial charge in [-0.3, -0.25) is 4.79 Å². The molecule has 138 valence electrons. The Bertz CT molecular complexity index is 1140. The van der Waals surface area contributed by atoms with Crippen molar-refractivity contribution in [2.75, 3.05) is 4.90 Å². The van der Waals surface area contributed by atoms with Crippen LogP contribution in [0.1, 0.15) is 30.5 Å². The molecule has 0 spiro atoms. The monoisotopic (exact) mass is 379 g/mol. The Hall–Kier alpha value is -2.66. The molecule has 5 heteroatoms. The molecule has 0 unspecified atom stereocenters. The van der Waals surface area contributed by atoms with Crippen molar-refractivity contribution < 1.29 is 13.2 Å². The van der Waals surface area contributed by atoms with Crippen molar-refractivity contribution in [3.05, 3.63) is 75.8 Å². The molecule has 0 aromatic heterocycles. The quantitative estimate of drug-likeness (QED) is 0.785. The third-order valence-electron chi connectivity index (χ3n) is 5.24. The maximum Gasteiger partial charge on any atom is 0.212 e. The average molecular weight is 379 g/mol. The molecular weight excluding hydrogens is 358 g/mol. The van der Waals surface area contributed by atoms with Crippen LogP contribution in [0.25, 0.3) is 6.08 Å². The first-order valence-electron chi connectivity index (χ1n) is 8.84. The summed E-state index contributed by atoms with van der Waals surface area (Å²) in [4.78, 5) is 15.1. The summed E-state index contributed by atoms with van der Waals surface area (Å²) in [6.07, 6.45) is 3.62. The molecule has 4 rings (SSSR count). The van der Waals surface area contributed by atoms with E-state index in [1.807, 2.05) is 43.0 Å². The van der Waals surface area contributed by atoms with Gasteiger partial charge in [0, 0.05) is 5.69 Å². The third-order valence-corrected chi connectivity index (χ3v) is 7.07. The average Bonchev–Trinajstić information content (AvgIpc) is 2.82. The van der Waals surface area contributed by atoms with Crippen LogP contribution < -0.4 is 4.90 Å². The van der Waals surface area contributed by atoms with Gasteiger partial charge in [-0.25, -0.2) is 8.42 Å². The van der Waals surface area contributed by atoms with Gasteiger partial charge in [0.1, 0.15) is 10.4 Å². The highest BCUT2D eigenvalue weighted by molar-refractivity contribution is 7.96. The second kappa shape index (κ2) is 5.67. The van der Waals surface area contributed by atoms with Gasteiger partial charge in [0.05, 0.1) is 10.6 Å². The van der Waals surface area contributed by atoms with Crippen LogP contribution in [-0.2, 0) is 14.6 Å². The minimum atomic E-state index is -3.92. The van der Waals surface area contributed by atoms with E-state index in [-0.39, 0.29) is 15.6 Å². The highest BCUT2D eigenvalue weighted by atomic mass is 32.2. The van der Waals surface area contributed by atoms with E-state index in [4.69, 9.17) is 0 Å². The lowest BCUT2D eigenvalue weighted by Crippen LogP contribution is -2.45. The number of hydrogen-bond acceptors (Lipinski definition) is 4. The lowest BCUT2D eigenvalue weighted by atomic mass is 9.97. The summed E-state index contributed by atoms with van der Waals surface area (Å²) in [5.74, 6) is -0.378. The van der Waals surface area contributed by atoms with Crippen molar-refractivity contribution in [3.8, 4) is 0 Å². The second-order valence-corrected chi connectivity index (χ2v) is 9.54. The molecule has 0 aliphatic carbocycles. The van der Waals surface area contributed by atoms with Crippen molar-refractivity contribution in [2.45, 2.75) is 38.1 Å². The van der Waals surface area contributed by atoms with Crippen LogP contribution in [0.3, 0.4) is 0 Å². The number of hydrogen-bond donors (Lipinski definition) is 0. The Balaban J connectivity index is 1.98. The van der Waals surface area contributed by atoms with E-state index in [0.29, 0.717) is 5.70 Å². The molecule has 4 nitrogen and oxygen atoms in total. The van der Waals surface area contributed by atoms with Gasteiger partial charge in [0.2, 0.25) is 15.6 Å². The van der Waals surface area contributed by atoms with E-state index in [9.17, 15) is 13.2 Å². The molecular formula is C22H21NO3S. The molecule has 2 aliphatic heterocycles. The van der Waals surface area contributed by atoms with Gasteiger partial charge < -0.3 is 4.90 Å². The number of allylic oxidation sites excluding steroid dienone is 1. The molecule has 0 radical (unpaired) electrons. The topological polar surface area (TPSA) is 54.5 Å². The van der Waals surface area contributed by atoms with E-state index in [1.165, 1.54) is 0 Å². The van der Waals surface area contributed by atoms with Gasteiger partial charge in [-0.2, -0.15) is 0 Å². The summed E-state index contributed by atoms with van der Waals surface area (Å²) in [5.41, 5.74) is 3.33. The van der Waals surface area contributed by atoms with Gasteiger partial charge in [-0.1, -0.05) is 35.9 Å². The number of sulfone groups is 1. The summed E-state index contributed by atoms with van der Waals surface area (Å²) in [6, 6.07) is 12.6. The standard InChI is InChI=1S/C22H21NO3S/c1-14-6-10-17(11-7-14)27(25,26)20-18-12-9-16-8-5-15(2)13-19(16)23(18)22(3,4)21(20)24/h5-13H,1-4H3. The zero-order valence-electron chi connectivity index (χ0n) is 15.8. The molecule has 0 amide bonds. The first-order chi connectivity index (χ1) is 12.6. The predicted octanol–water partition coefficient (Wildman–Crippen LogP) is 4.18. The van der Waals surface area contributed by atoms with Gasteiger partial charge in [0.15, 0.2) is 0 Å². The second-order valence-electron chi connectivity index (χ2n) is 7.65. The van der Waals surface area contributed by atoms with Crippen LogP contribution >= 0.6 is 0 Å². The molecule has 0 bridgehead atoms. The van der Waals surface area contributed by atoms with Crippen molar-refractivity contribution in [3.63, 3.8) is 0 Å². The number of Topliss-reactive ketones (excluding diaryl/α,β-unsaturated/α-hetero) is 1. The van der Waals surface area contributed by atoms with Gasteiger partial charge >= 0.3 is 0 Å². The maximum atomic E-state index is 13.3. The number of ketones is 1. The number of nitrogens with zero attached hydrogens (tertiary/aromatic N) is 1. The Kier molecular flexibility index (Phi) is 3.72. The molecule has 2 heterocycles. The van der Waals surface area contributed by atoms with Gasteiger partial charge in [-0.15, -0.1) is 0 Å². The van der Waals surface area contributed by atoms with Crippen molar-refractivity contribution in [2.24, 2.45) is 0 Å². The number of carbonyl (C=O) groups is 1. The fourth-order valence-electron chi connectivity index (χ4n) is 3.73. The first kappa shape index (κ1) is 17.7. The minimum Gasteiger partial charge on any atom is -0.327 e. The van der Waals surface area contributed by atoms with Crippen molar-refractivity contribution in [1.29, 1.82) is 0 Å². The lowest BCUT2D eigenvalue weighted by Gasteiger charge is -2.36. The molecule has 27 heavy (non-hydrogen) atoms. The van der Waals surface area contributed by atoms with E-state index in [2.05, 4.69) is 0 Å². The van der Waals surface area contributed by atoms with E-state index in [1.54, 1.807) is 44.2 Å². The summed E-state index contributed by atoms with van der Waals surface area (Å²) in [5, 5.41) is 0. The Morgan fingerprint density at radius 3 is 2.19 bits per heavy atom. The molecule has 0 N–H and O–H groups in total. The molecule has 2 aromatic rings. The smallest absolute Gasteiger partial charge is 0.212 e. The van der Waals surface area contributed by atoms with Crippen LogP contribution in [0.2, 0.25) is 0 Å². The van der Waals surface area contributed by atoms with Crippen LogP contribution in [0.4, 0.5) is 5.69 Å². The summed E-state index contributed by atoms with van der Waals surface area (Å²) >= 11 is 0. The number of aryl methyl sites for hydroxylation is 2. The van der Waals surface area contributed by atoms with E-state index >= 15 is 0 Å². The van der Waals surface area contributed by atoms with Crippen molar-refractivity contribution in [1.82, 2.24) is 0 Å². The maximum absolute atomic E-state index is 13.3. The SMILES string of the molecule is Cc1ccc(S(=O)(=O)C2=C3C=Cc4ccc(C)cc4N3C(C)(C)C2=O)cc1. The third kappa shape index (κ3) is 2.49. The van der Waals surface area contributed by atoms with Gasteiger partial charge in [-0.05, 0) is 63.1 Å². The molecule has 0 atom stereocenters. The normalized spacial score (nSPS) is 17.9. The largest absolute Gasteiger partial charge is 0.327 e. The Morgan fingerprint density at radius 1 is 0.889 bits per heavy atom. The Morgan fingerprint density at radius 2 is 1.52 bits per heavy atom. The zero-order valence-corrected chi connectivity index (χ0v) is 16.6. The summed E-state index contributed by atoms with van der Waals surface area (Å²) in [6.45, 7) is 7.43. The molecule has 2 aromatic carbocycles. The predicted molar refractivity (Wildman–Crippen MR) is 107 cm³/mol. The van der Waals surface area contributed by atoms with Crippen LogP contribution in [0.15, 0.2) is 64.0 Å². The van der Waals surface area contributed by atoms with E-state index in [0.717, 1.165) is 22.4 Å². The molecule has 0 fully saturated rings. The van der Waals surface area contributed by atoms with Crippen LogP contribution in [0, 0.1) is 13.8 Å². The van der Waals surface area contributed by atoms with Gasteiger partial charge in [0.25, 0.3) is 0 Å². The first-order valence-corrected chi connectivity index (χ1v) is 10.3. The molecule has 2 aliphatic rings. The zero-order chi connectivity index (χ0) is 19.6. The highest BCUT2D eigenvalue weighted by Gasteiger charge is 2.51. The fourth-order valence-corrected chi connectivity index (χ4v) is 5.39. The highest BCUT2D eigenvalue weighted by Crippen LogP contribution is 2.46. The lowest BCUT2D eigenvalue weighted by molar-refractivity contribution is -0.117. The number of fused-ring (bicyclic) bond motifs is 3. The number of anilines is 1. The fraction of sp³-hybridized carbons (Fsp3) is 0.227. The number of benzene rings is 2. The summed E-state index contributed by atoms with van der Waals surface area (Å²) in [7, 11) is -3.92. The van der Waals surface area contributed by atoms with E-state index < -0.39 is 15.4 Å². The summed E-state index contributed by atoms with van der Waals surface area (Å²) < 4.78 is 26.7. The van der Waals surface area contributed by atoms with Crippen LogP contribution in [0.5, 0.6) is 0 Å². The molecule has 0 saturated carbocycles. The number of rotatable bonds is 2. The molecule has 0 saturated heterocycles.